The second-order valence-corrected chi connectivity index (χ2v) is 6.51. The molecule has 0 aromatic heterocycles. The van der Waals surface area contributed by atoms with E-state index in [0.29, 0.717) is 5.56 Å². The quantitative estimate of drug-likeness (QED) is 0.432. The Morgan fingerprint density at radius 1 is 0.786 bits per heavy atom. The Labute approximate surface area is 159 Å². The fraction of sp³-hybridized carbons (Fsp3) is 0.0952. The molecule has 1 aliphatic rings. The second-order valence-electron chi connectivity index (χ2n) is 6.51. The fourth-order valence-electron chi connectivity index (χ4n) is 3.51. The first kappa shape index (κ1) is 17.7. The van der Waals surface area contributed by atoms with Crippen LogP contribution in [0.2, 0.25) is 0 Å². The zero-order valence-corrected chi connectivity index (χ0v) is 14.4. The van der Waals surface area contributed by atoms with Crippen LogP contribution < -0.4 is 4.74 Å². The minimum Gasteiger partial charge on any atom is -0.508 e. The number of hydrogen-bond donors (Lipinski definition) is 5. The molecule has 0 amide bonds. The lowest BCUT2D eigenvalue weighted by Gasteiger charge is -2.42. The van der Waals surface area contributed by atoms with E-state index in [1.807, 2.05) is 0 Å². The molecular weight excluding hydrogens is 364 g/mol. The maximum absolute atomic E-state index is 13.0. The van der Waals surface area contributed by atoms with Crippen molar-refractivity contribution >= 4 is 5.78 Å². The van der Waals surface area contributed by atoms with Gasteiger partial charge in [0.05, 0.1) is 0 Å². The molecule has 0 aliphatic carbocycles. The van der Waals surface area contributed by atoms with Gasteiger partial charge in [-0.2, -0.15) is 0 Å². The van der Waals surface area contributed by atoms with Crippen molar-refractivity contribution < 1.29 is 35.1 Å². The van der Waals surface area contributed by atoms with Crippen LogP contribution in [0.3, 0.4) is 0 Å². The van der Waals surface area contributed by atoms with E-state index in [1.54, 1.807) is 30.3 Å². The average Bonchev–Trinajstić information content (AvgIpc) is 2.67. The Kier molecular flexibility index (Phi) is 3.90. The molecule has 0 spiro atoms. The summed E-state index contributed by atoms with van der Waals surface area (Å²) in [6.07, 6.45) is -1.78. The molecule has 4 rings (SSSR count). The molecule has 0 radical (unpaired) electrons. The molecule has 3 aromatic rings. The maximum Gasteiger partial charge on any atom is 0.203 e. The van der Waals surface area contributed by atoms with Crippen LogP contribution in [0.4, 0.5) is 0 Å². The van der Waals surface area contributed by atoms with E-state index in [-0.39, 0.29) is 28.4 Å². The third-order valence-electron chi connectivity index (χ3n) is 4.82. The van der Waals surface area contributed by atoms with Crippen LogP contribution in [0.15, 0.2) is 60.7 Å². The van der Waals surface area contributed by atoms with Gasteiger partial charge < -0.3 is 30.3 Å². The van der Waals surface area contributed by atoms with Crippen LogP contribution in [-0.4, -0.2) is 37.4 Å². The van der Waals surface area contributed by atoms with Gasteiger partial charge in [-0.05, 0) is 12.1 Å². The summed E-state index contributed by atoms with van der Waals surface area (Å²) in [7, 11) is 0. The van der Waals surface area contributed by atoms with Gasteiger partial charge in [0.1, 0.15) is 22.8 Å². The van der Waals surface area contributed by atoms with Crippen molar-refractivity contribution in [2.45, 2.75) is 11.7 Å². The molecule has 0 bridgehead atoms. The SMILES string of the molecule is O=C1c2c(O)cc(O)cc2OC(c2ccccc2)(c2ccc(O)c(O)c2)C1O. The van der Waals surface area contributed by atoms with Gasteiger partial charge in [-0.1, -0.05) is 36.4 Å². The van der Waals surface area contributed by atoms with Gasteiger partial charge >= 0.3 is 0 Å². The number of hydrogen-bond acceptors (Lipinski definition) is 7. The predicted molar refractivity (Wildman–Crippen MR) is 97.7 cm³/mol. The number of carbonyl (C=O) groups excluding carboxylic acids is 1. The van der Waals surface area contributed by atoms with Crippen molar-refractivity contribution in [2.75, 3.05) is 0 Å². The van der Waals surface area contributed by atoms with Crippen LogP contribution in [0, 0.1) is 0 Å². The predicted octanol–water partition coefficient (Wildman–Crippen LogP) is 2.39. The Balaban J connectivity index is 2.04. The number of Topliss-reactive ketones (excluding diaryl/α,β-unsaturated/α-hetero) is 1. The zero-order valence-electron chi connectivity index (χ0n) is 14.4. The molecule has 142 valence electrons. The molecule has 0 saturated carbocycles. The van der Waals surface area contributed by atoms with Gasteiger partial charge in [-0.25, -0.2) is 0 Å². The molecule has 2 atom stereocenters. The van der Waals surface area contributed by atoms with E-state index in [4.69, 9.17) is 4.74 Å². The monoisotopic (exact) mass is 380 g/mol. The lowest BCUT2D eigenvalue weighted by Crippen LogP contribution is -2.53. The highest BCUT2D eigenvalue weighted by Crippen LogP contribution is 2.48. The largest absolute Gasteiger partial charge is 0.508 e. The molecule has 5 N–H and O–H groups in total. The minimum absolute atomic E-state index is 0.121. The molecule has 7 heteroatoms. The highest BCUT2D eigenvalue weighted by atomic mass is 16.5. The number of phenolic OH excluding ortho intramolecular Hbond substituents is 4. The first-order valence-electron chi connectivity index (χ1n) is 8.40. The minimum atomic E-state index is -1.78. The molecular formula is C21H16O7. The van der Waals surface area contributed by atoms with Crippen LogP contribution in [0.1, 0.15) is 21.5 Å². The number of ether oxygens (including phenoxy) is 1. The van der Waals surface area contributed by atoms with Crippen molar-refractivity contribution in [3.63, 3.8) is 0 Å². The van der Waals surface area contributed by atoms with Gasteiger partial charge in [0.2, 0.25) is 5.78 Å². The maximum atomic E-state index is 13.0. The summed E-state index contributed by atoms with van der Waals surface area (Å²) < 4.78 is 6.05. The highest BCUT2D eigenvalue weighted by Gasteiger charge is 2.53. The first-order chi connectivity index (χ1) is 13.3. The summed E-state index contributed by atoms with van der Waals surface area (Å²) in [6, 6.07) is 14.3. The molecule has 0 fully saturated rings. The number of carbonyl (C=O) groups is 1. The van der Waals surface area contributed by atoms with Gasteiger partial charge in [0.15, 0.2) is 23.2 Å². The second kappa shape index (κ2) is 6.17. The third kappa shape index (κ3) is 2.44. The van der Waals surface area contributed by atoms with Crippen molar-refractivity contribution in [3.8, 4) is 28.7 Å². The summed E-state index contributed by atoms with van der Waals surface area (Å²) >= 11 is 0. The van der Waals surface area contributed by atoms with E-state index in [2.05, 4.69) is 0 Å². The molecule has 3 aromatic carbocycles. The molecule has 1 aliphatic heterocycles. The molecule has 2 unspecified atom stereocenters. The average molecular weight is 380 g/mol. The first-order valence-corrected chi connectivity index (χ1v) is 8.40. The van der Waals surface area contributed by atoms with Crippen molar-refractivity contribution in [2.24, 2.45) is 0 Å². The molecule has 28 heavy (non-hydrogen) atoms. The summed E-state index contributed by atoms with van der Waals surface area (Å²) in [5, 5.41) is 50.5. The van der Waals surface area contributed by atoms with Gasteiger partial charge in [0, 0.05) is 23.3 Å². The van der Waals surface area contributed by atoms with Gasteiger partial charge in [-0.3, -0.25) is 4.79 Å². The van der Waals surface area contributed by atoms with Gasteiger partial charge in [0.25, 0.3) is 0 Å². The van der Waals surface area contributed by atoms with E-state index in [0.717, 1.165) is 12.1 Å². The summed E-state index contributed by atoms with van der Waals surface area (Å²) in [4.78, 5) is 13.0. The number of benzene rings is 3. The number of aromatic hydroxyl groups is 4. The lowest BCUT2D eigenvalue weighted by molar-refractivity contribution is -0.0269. The topological polar surface area (TPSA) is 127 Å². The van der Waals surface area contributed by atoms with E-state index < -0.39 is 29.0 Å². The van der Waals surface area contributed by atoms with Crippen LogP contribution in [0.25, 0.3) is 0 Å². The zero-order chi connectivity index (χ0) is 20.1. The van der Waals surface area contributed by atoms with E-state index in [9.17, 15) is 30.3 Å². The Bertz CT molecular complexity index is 1080. The lowest BCUT2D eigenvalue weighted by atomic mass is 9.76. The number of ketones is 1. The summed E-state index contributed by atoms with van der Waals surface area (Å²) in [5.74, 6) is -2.61. The smallest absolute Gasteiger partial charge is 0.203 e. The Hall–Kier alpha value is -3.71. The Morgan fingerprint density at radius 2 is 1.50 bits per heavy atom. The van der Waals surface area contributed by atoms with Crippen LogP contribution in [-0.2, 0) is 5.60 Å². The number of phenols is 4. The van der Waals surface area contributed by atoms with Crippen molar-refractivity contribution in [1.29, 1.82) is 0 Å². The van der Waals surface area contributed by atoms with Crippen molar-refractivity contribution in [3.05, 3.63) is 77.4 Å². The number of rotatable bonds is 2. The van der Waals surface area contributed by atoms with E-state index >= 15 is 0 Å². The Morgan fingerprint density at radius 3 is 2.18 bits per heavy atom. The number of aliphatic hydroxyl groups is 1. The molecule has 7 nitrogen and oxygen atoms in total. The fourth-order valence-corrected chi connectivity index (χ4v) is 3.51. The standard InChI is InChI=1S/C21H16O7/c22-13-9-16(25)18-17(10-13)28-21(20(27)19(18)26,11-4-2-1-3-5-11)12-6-7-14(23)15(24)8-12/h1-10,20,22-25,27H. The van der Waals surface area contributed by atoms with Gasteiger partial charge in [-0.15, -0.1) is 0 Å². The summed E-state index contributed by atoms with van der Waals surface area (Å²) in [5.41, 5.74) is -1.44. The van der Waals surface area contributed by atoms with Crippen LogP contribution in [0.5, 0.6) is 28.7 Å². The number of aliphatic hydroxyl groups excluding tert-OH is 1. The van der Waals surface area contributed by atoms with Crippen molar-refractivity contribution in [1.82, 2.24) is 0 Å². The molecule has 1 heterocycles. The number of fused-ring (bicyclic) bond motifs is 1. The normalized spacial score (nSPS) is 21.0. The van der Waals surface area contributed by atoms with E-state index in [1.165, 1.54) is 18.2 Å². The van der Waals surface area contributed by atoms with Crippen LogP contribution >= 0.6 is 0 Å². The summed E-state index contributed by atoms with van der Waals surface area (Å²) in [6.45, 7) is 0. The molecule has 0 saturated heterocycles. The highest BCUT2D eigenvalue weighted by molar-refractivity contribution is 6.06. The third-order valence-corrected chi connectivity index (χ3v) is 4.82.